The number of thioether (sulfide) groups is 1. The van der Waals surface area contributed by atoms with Crippen molar-refractivity contribution in [3.63, 3.8) is 0 Å². The Morgan fingerprint density at radius 1 is 1.26 bits per heavy atom. The van der Waals surface area contributed by atoms with Crippen molar-refractivity contribution in [1.82, 2.24) is 4.98 Å². The molecule has 6 heteroatoms. The normalized spacial score (nSPS) is 13.6. The fraction of sp³-hybridized carbons (Fsp3) is 0.308. The molecule has 3 rings (SSSR count). The Morgan fingerprint density at radius 2 is 2.00 bits per heavy atom. The van der Waals surface area contributed by atoms with E-state index in [-0.39, 0.29) is 0 Å². The molecule has 1 aliphatic heterocycles. The number of hydrogen-bond acceptors (Lipinski definition) is 5. The summed E-state index contributed by atoms with van der Waals surface area (Å²) in [7, 11) is 0. The summed E-state index contributed by atoms with van der Waals surface area (Å²) in [5.74, 6) is 3.57. The zero-order valence-corrected chi connectivity index (χ0v) is 11.9. The van der Waals surface area contributed by atoms with Crippen LogP contribution in [0, 0.1) is 6.92 Å². The molecule has 0 saturated heterocycles. The van der Waals surface area contributed by atoms with Crippen molar-refractivity contribution in [3.05, 3.63) is 35.0 Å². The highest BCUT2D eigenvalue weighted by molar-refractivity contribution is 7.98. The third kappa shape index (κ3) is 2.82. The van der Waals surface area contributed by atoms with Crippen molar-refractivity contribution in [1.29, 1.82) is 0 Å². The molecule has 0 fully saturated rings. The first-order valence-electron chi connectivity index (χ1n) is 5.85. The molecule has 1 aromatic heterocycles. The molecule has 0 aliphatic carbocycles. The van der Waals surface area contributed by atoms with Gasteiger partial charge in [-0.15, -0.1) is 11.8 Å². The van der Waals surface area contributed by atoms with Crippen molar-refractivity contribution in [2.24, 2.45) is 0 Å². The Kier molecular flexibility index (Phi) is 3.57. The van der Waals surface area contributed by atoms with E-state index < -0.39 is 0 Å². The van der Waals surface area contributed by atoms with E-state index in [9.17, 15) is 0 Å². The summed E-state index contributed by atoms with van der Waals surface area (Å²) >= 11 is 7.79. The first kappa shape index (κ1) is 12.7. The molecule has 4 nitrogen and oxygen atoms in total. The number of ether oxygens (including phenoxy) is 2. The van der Waals surface area contributed by atoms with Crippen molar-refractivity contribution < 1.29 is 13.9 Å². The van der Waals surface area contributed by atoms with E-state index in [1.807, 2.05) is 13.0 Å². The van der Waals surface area contributed by atoms with E-state index in [1.165, 1.54) is 0 Å². The van der Waals surface area contributed by atoms with Crippen LogP contribution >= 0.6 is 23.4 Å². The highest BCUT2D eigenvalue weighted by atomic mass is 35.5. The minimum absolute atomic E-state index is 0.561. The van der Waals surface area contributed by atoms with Gasteiger partial charge in [0.2, 0.25) is 5.89 Å². The summed E-state index contributed by atoms with van der Waals surface area (Å²) in [6, 6.07) is 3.69. The molecule has 0 atom stereocenters. The number of halogens is 1. The minimum atomic E-state index is 0.561. The van der Waals surface area contributed by atoms with Crippen LogP contribution in [0.4, 0.5) is 0 Å². The van der Waals surface area contributed by atoms with Gasteiger partial charge in [-0.05, 0) is 13.0 Å². The molecule has 0 spiro atoms. The first-order valence-corrected chi connectivity index (χ1v) is 7.22. The van der Waals surface area contributed by atoms with Gasteiger partial charge in [0.25, 0.3) is 0 Å². The van der Waals surface area contributed by atoms with E-state index in [4.69, 9.17) is 25.5 Å². The molecule has 0 N–H and O–H groups in total. The third-order valence-electron chi connectivity index (χ3n) is 2.62. The summed E-state index contributed by atoms with van der Waals surface area (Å²) < 4.78 is 16.4. The number of aryl methyl sites for hydroxylation is 1. The van der Waals surface area contributed by atoms with E-state index in [0.29, 0.717) is 35.6 Å². The van der Waals surface area contributed by atoms with Crippen molar-refractivity contribution in [2.45, 2.75) is 17.6 Å². The van der Waals surface area contributed by atoms with Crippen molar-refractivity contribution in [2.75, 3.05) is 13.2 Å². The summed E-state index contributed by atoms with van der Waals surface area (Å²) in [5, 5.41) is 0.650. The number of benzene rings is 1. The van der Waals surface area contributed by atoms with Gasteiger partial charge in [0.05, 0.1) is 17.0 Å². The Bertz CT molecular complexity index is 600. The van der Waals surface area contributed by atoms with E-state index in [0.717, 1.165) is 16.4 Å². The molecule has 0 amide bonds. The first-order chi connectivity index (χ1) is 9.22. The molecule has 2 heterocycles. The second-order valence-corrected chi connectivity index (χ2v) is 5.50. The maximum Gasteiger partial charge on any atom is 0.204 e. The van der Waals surface area contributed by atoms with Crippen LogP contribution in [0.2, 0.25) is 5.02 Å². The number of hydrogen-bond donors (Lipinski definition) is 0. The summed E-state index contributed by atoms with van der Waals surface area (Å²) in [5.41, 5.74) is 0. The standard InChI is InChI=1S/C13H12ClNO3S/c1-8-6-15-13(18-8)7-19-12-5-11-10(4-9(12)14)16-2-3-17-11/h4-6H,2-3,7H2,1H3. The smallest absolute Gasteiger partial charge is 0.204 e. The van der Waals surface area contributed by atoms with Gasteiger partial charge in [0.1, 0.15) is 19.0 Å². The lowest BCUT2D eigenvalue weighted by atomic mass is 10.3. The number of fused-ring (bicyclic) bond motifs is 1. The van der Waals surface area contributed by atoms with Gasteiger partial charge in [-0.3, -0.25) is 0 Å². The highest BCUT2D eigenvalue weighted by Gasteiger charge is 2.15. The Morgan fingerprint density at radius 3 is 2.68 bits per heavy atom. The monoisotopic (exact) mass is 297 g/mol. The molecule has 1 aromatic carbocycles. The molecule has 1 aliphatic rings. The van der Waals surface area contributed by atoms with Crippen molar-refractivity contribution >= 4 is 23.4 Å². The fourth-order valence-corrected chi connectivity index (χ4v) is 2.88. The number of oxazole rings is 1. The Hall–Kier alpha value is -1.33. The van der Waals surface area contributed by atoms with Crippen LogP contribution in [0.25, 0.3) is 0 Å². The lowest BCUT2D eigenvalue weighted by Gasteiger charge is -2.19. The predicted octanol–water partition coefficient (Wildman–Crippen LogP) is 3.70. The Labute approximate surface area is 120 Å². The maximum absolute atomic E-state index is 6.23. The van der Waals surface area contributed by atoms with Crippen LogP contribution in [0.15, 0.2) is 27.6 Å². The summed E-state index contributed by atoms with van der Waals surface area (Å²) in [4.78, 5) is 5.09. The van der Waals surface area contributed by atoms with Crippen LogP contribution in [0.5, 0.6) is 11.5 Å². The van der Waals surface area contributed by atoms with Gasteiger partial charge in [-0.1, -0.05) is 11.6 Å². The summed E-state index contributed by atoms with van der Waals surface area (Å²) in [6.45, 7) is 3.00. The third-order valence-corrected chi connectivity index (χ3v) is 4.08. The van der Waals surface area contributed by atoms with Gasteiger partial charge >= 0.3 is 0 Å². The zero-order chi connectivity index (χ0) is 13.2. The zero-order valence-electron chi connectivity index (χ0n) is 10.3. The van der Waals surface area contributed by atoms with Crippen LogP contribution in [0.3, 0.4) is 0 Å². The second kappa shape index (κ2) is 5.35. The SMILES string of the molecule is Cc1cnc(CSc2cc3c(cc2Cl)OCCO3)o1. The number of nitrogens with zero attached hydrogens (tertiary/aromatic N) is 1. The van der Waals surface area contributed by atoms with Gasteiger partial charge in [0, 0.05) is 11.0 Å². The van der Waals surface area contributed by atoms with Crippen LogP contribution in [0.1, 0.15) is 11.7 Å². The molecule has 0 unspecified atom stereocenters. The molecule has 0 saturated carbocycles. The number of rotatable bonds is 3. The summed E-state index contributed by atoms with van der Waals surface area (Å²) in [6.07, 6.45) is 1.71. The molecule has 0 radical (unpaired) electrons. The molecular formula is C13H12ClNO3S. The largest absolute Gasteiger partial charge is 0.486 e. The van der Waals surface area contributed by atoms with E-state index in [1.54, 1.807) is 24.0 Å². The van der Waals surface area contributed by atoms with E-state index >= 15 is 0 Å². The van der Waals surface area contributed by atoms with Crippen molar-refractivity contribution in [3.8, 4) is 11.5 Å². The maximum atomic E-state index is 6.23. The minimum Gasteiger partial charge on any atom is -0.486 e. The quantitative estimate of drug-likeness (QED) is 0.808. The molecule has 0 bridgehead atoms. The lowest BCUT2D eigenvalue weighted by Crippen LogP contribution is -2.15. The van der Waals surface area contributed by atoms with Gasteiger partial charge in [-0.2, -0.15) is 0 Å². The van der Waals surface area contributed by atoms with E-state index in [2.05, 4.69) is 4.98 Å². The highest BCUT2D eigenvalue weighted by Crippen LogP contribution is 2.40. The molecule has 2 aromatic rings. The van der Waals surface area contributed by atoms with Crippen LogP contribution in [-0.4, -0.2) is 18.2 Å². The lowest BCUT2D eigenvalue weighted by molar-refractivity contribution is 0.171. The molecule has 100 valence electrons. The van der Waals surface area contributed by atoms with Crippen LogP contribution in [-0.2, 0) is 5.75 Å². The van der Waals surface area contributed by atoms with Crippen LogP contribution < -0.4 is 9.47 Å². The second-order valence-electron chi connectivity index (χ2n) is 4.08. The van der Waals surface area contributed by atoms with Gasteiger partial charge < -0.3 is 13.9 Å². The average Bonchev–Trinajstić information content (AvgIpc) is 2.82. The average molecular weight is 298 g/mol. The topological polar surface area (TPSA) is 44.5 Å². The predicted molar refractivity (Wildman–Crippen MR) is 73.2 cm³/mol. The van der Waals surface area contributed by atoms with Gasteiger partial charge in [0.15, 0.2) is 11.5 Å². The Balaban J connectivity index is 1.77. The fourth-order valence-electron chi connectivity index (χ4n) is 1.76. The molecule has 19 heavy (non-hydrogen) atoms. The number of aromatic nitrogens is 1. The van der Waals surface area contributed by atoms with Gasteiger partial charge in [-0.25, -0.2) is 4.98 Å². The molecular weight excluding hydrogens is 286 g/mol.